The van der Waals surface area contributed by atoms with Gasteiger partial charge in [-0.3, -0.25) is 0 Å². The number of fused-ring (bicyclic) bond motifs is 12. The number of hydrogen-bond acceptors (Lipinski definition) is 1. The Hall–Kier alpha value is -3.19. The van der Waals surface area contributed by atoms with Crippen LogP contribution >= 0.6 is 6.19 Å². The molecule has 0 radical (unpaired) electrons. The van der Waals surface area contributed by atoms with Gasteiger partial charge in [-0.1, -0.05) is 103 Å². The minimum atomic E-state index is -2.27. The fourth-order valence-electron chi connectivity index (χ4n) is 5.22. The fraction of sp³-hybridized carbons (Fsp3) is 0. The molecule has 0 amide bonds. The van der Waals surface area contributed by atoms with Crippen molar-refractivity contribution in [1.82, 2.24) is 0 Å². The van der Waals surface area contributed by atoms with Crippen LogP contribution in [0.15, 0.2) is 109 Å². The van der Waals surface area contributed by atoms with E-state index in [0.29, 0.717) is 0 Å². The van der Waals surface area contributed by atoms with Crippen molar-refractivity contribution in [3.05, 3.63) is 109 Å². The molecule has 0 N–H and O–H groups in total. The predicted molar refractivity (Wildman–Crippen MR) is 137 cm³/mol. The normalized spacial score (nSPS) is 17.9. The SMILES string of the molecule is S=P12c3ccccc3-c3ccccc3N1c1cc3ccccc3cc1-c1ccccc12. The van der Waals surface area contributed by atoms with Gasteiger partial charge in [-0.25, -0.2) is 0 Å². The lowest BCUT2D eigenvalue weighted by atomic mass is 9.97. The van der Waals surface area contributed by atoms with Crippen LogP contribution in [0.5, 0.6) is 0 Å². The summed E-state index contributed by atoms with van der Waals surface area (Å²) in [6, 6.07) is 39.6. The quantitative estimate of drug-likeness (QED) is 0.243. The largest absolute Gasteiger partial charge is 0.304 e. The fourth-order valence-corrected chi connectivity index (χ4v) is 9.95. The summed E-state index contributed by atoms with van der Waals surface area (Å²) in [6.45, 7) is 0. The second-order valence-electron chi connectivity index (χ2n) is 8.16. The highest BCUT2D eigenvalue weighted by molar-refractivity contribution is 8.23. The predicted octanol–water partition coefficient (Wildman–Crippen LogP) is 6.98. The summed E-state index contributed by atoms with van der Waals surface area (Å²) in [5.41, 5.74) is 7.52. The molecule has 1 atom stereocenters. The Bertz CT molecular complexity index is 1590. The zero-order valence-corrected chi connectivity index (χ0v) is 18.4. The van der Waals surface area contributed by atoms with Crippen LogP contribution in [-0.4, -0.2) is 0 Å². The number of anilines is 2. The molecular formula is C28H18NPS. The van der Waals surface area contributed by atoms with Gasteiger partial charge in [-0.05, 0) is 40.1 Å². The van der Waals surface area contributed by atoms with E-state index in [0.717, 1.165) is 0 Å². The first kappa shape index (κ1) is 17.5. The summed E-state index contributed by atoms with van der Waals surface area (Å²) in [5.74, 6) is 0. The van der Waals surface area contributed by atoms with E-state index in [2.05, 4.69) is 114 Å². The zero-order chi connectivity index (χ0) is 20.6. The number of benzene rings is 5. The number of para-hydroxylation sites is 1. The van der Waals surface area contributed by atoms with Gasteiger partial charge in [0.05, 0.1) is 17.6 Å². The maximum absolute atomic E-state index is 6.75. The standard InChI is InChI=1S/C28H18NPS/c31-30-27-15-7-4-12-22(27)21-11-3-6-14-25(21)29(30)26-18-20-10-2-1-9-19(20)17-24(26)23-13-5-8-16-28(23)30/h1-18H. The van der Waals surface area contributed by atoms with Gasteiger partial charge in [-0.2, -0.15) is 0 Å². The molecule has 0 fully saturated rings. The lowest BCUT2D eigenvalue weighted by molar-refractivity contribution is 1.39. The van der Waals surface area contributed by atoms with Crippen LogP contribution < -0.4 is 15.3 Å². The Morgan fingerprint density at radius 1 is 0.484 bits per heavy atom. The van der Waals surface area contributed by atoms with E-state index in [-0.39, 0.29) is 0 Å². The third-order valence-electron chi connectivity index (χ3n) is 6.55. The molecule has 1 nitrogen and oxygen atoms in total. The smallest absolute Gasteiger partial charge is 0.0985 e. The molecule has 5 aromatic carbocycles. The average molecular weight is 432 g/mol. The van der Waals surface area contributed by atoms with Crippen molar-refractivity contribution in [2.24, 2.45) is 0 Å². The summed E-state index contributed by atoms with van der Waals surface area (Å²) >= 11 is 6.75. The first-order chi connectivity index (χ1) is 15.3. The Morgan fingerprint density at radius 2 is 1.00 bits per heavy atom. The van der Waals surface area contributed by atoms with Crippen LogP contribution in [-0.2, 0) is 11.8 Å². The highest BCUT2D eigenvalue weighted by Crippen LogP contribution is 2.66. The van der Waals surface area contributed by atoms with E-state index in [1.807, 2.05) is 0 Å². The van der Waals surface area contributed by atoms with E-state index in [9.17, 15) is 0 Å². The zero-order valence-electron chi connectivity index (χ0n) is 16.7. The van der Waals surface area contributed by atoms with Crippen molar-refractivity contribution in [2.75, 3.05) is 4.67 Å². The van der Waals surface area contributed by atoms with Crippen LogP contribution in [0.4, 0.5) is 11.4 Å². The number of hydrogen-bond donors (Lipinski definition) is 0. The summed E-state index contributed by atoms with van der Waals surface area (Å²) in [7, 11) is 0. The van der Waals surface area contributed by atoms with Crippen molar-refractivity contribution >= 4 is 50.8 Å². The lowest BCUT2D eigenvalue weighted by Gasteiger charge is -2.47. The third-order valence-corrected chi connectivity index (χ3v) is 11.3. The van der Waals surface area contributed by atoms with Gasteiger partial charge in [0.1, 0.15) is 0 Å². The highest BCUT2D eigenvalue weighted by atomic mass is 32.4. The Morgan fingerprint density at radius 3 is 1.71 bits per heavy atom. The lowest BCUT2D eigenvalue weighted by Crippen LogP contribution is -2.36. The van der Waals surface area contributed by atoms with E-state index in [4.69, 9.17) is 11.8 Å². The van der Waals surface area contributed by atoms with Gasteiger partial charge in [0.2, 0.25) is 0 Å². The first-order valence-corrected chi connectivity index (χ1v) is 13.2. The van der Waals surface area contributed by atoms with Crippen molar-refractivity contribution in [2.45, 2.75) is 0 Å². The molecule has 1 unspecified atom stereocenters. The molecular weight excluding hydrogens is 413 g/mol. The van der Waals surface area contributed by atoms with Crippen LogP contribution in [0, 0.1) is 0 Å². The van der Waals surface area contributed by atoms with Crippen LogP contribution in [0.2, 0.25) is 0 Å². The summed E-state index contributed by atoms with van der Waals surface area (Å²) in [5, 5.41) is 5.08. The third kappa shape index (κ3) is 2.19. The minimum Gasteiger partial charge on any atom is -0.304 e. The Balaban J connectivity index is 1.70. The second-order valence-corrected chi connectivity index (χ2v) is 12.3. The number of rotatable bonds is 0. The molecule has 0 bridgehead atoms. The maximum atomic E-state index is 6.75. The van der Waals surface area contributed by atoms with Crippen molar-refractivity contribution in [1.29, 1.82) is 0 Å². The molecule has 0 aliphatic carbocycles. The molecule has 3 heteroatoms. The molecule has 7 rings (SSSR count). The Labute approximate surface area is 186 Å². The van der Waals surface area contributed by atoms with E-state index in [1.165, 1.54) is 55.0 Å². The molecule has 5 aromatic rings. The van der Waals surface area contributed by atoms with Gasteiger partial charge >= 0.3 is 0 Å². The average Bonchev–Trinajstić information content (AvgIpc) is 2.83. The van der Waals surface area contributed by atoms with Gasteiger partial charge < -0.3 is 4.67 Å². The van der Waals surface area contributed by atoms with Gasteiger partial charge in [0.15, 0.2) is 0 Å². The van der Waals surface area contributed by atoms with E-state index in [1.54, 1.807) is 0 Å². The molecule has 2 aliphatic rings. The summed E-state index contributed by atoms with van der Waals surface area (Å²) in [6.07, 6.45) is -2.27. The summed E-state index contributed by atoms with van der Waals surface area (Å²) < 4.78 is 2.50. The number of nitrogens with zero attached hydrogens (tertiary/aromatic N) is 1. The molecule has 0 saturated heterocycles. The highest BCUT2D eigenvalue weighted by Gasteiger charge is 2.43. The van der Waals surface area contributed by atoms with Crippen LogP contribution in [0.1, 0.15) is 0 Å². The van der Waals surface area contributed by atoms with E-state index >= 15 is 0 Å². The van der Waals surface area contributed by atoms with Crippen LogP contribution in [0.25, 0.3) is 33.0 Å². The van der Waals surface area contributed by atoms with Gasteiger partial charge in [0, 0.05) is 21.7 Å². The van der Waals surface area contributed by atoms with Crippen molar-refractivity contribution < 1.29 is 0 Å². The van der Waals surface area contributed by atoms with Crippen molar-refractivity contribution in [3.63, 3.8) is 0 Å². The topological polar surface area (TPSA) is 3.24 Å². The van der Waals surface area contributed by atoms with Crippen LogP contribution in [0.3, 0.4) is 0 Å². The molecule has 2 heterocycles. The monoisotopic (exact) mass is 431 g/mol. The molecule has 2 aliphatic heterocycles. The Kier molecular flexibility index (Phi) is 3.48. The molecule has 146 valence electrons. The van der Waals surface area contributed by atoms with Gasteiger partial charge in [-0.15, -0.1) is 0 Å². The van der Waals surface area contributed by atoms with Crippen molar-refractivity contribution in [3.8, 4) is 22.3 Å². The second kappa shape index (κ2) is 6.17. The van der Waals surface area contributed by atoms with E-state index < -0.39 is 6.19 Å². The molecule has 0 aromatic heterocycles. The first-order valence-electron chi connectivity index (χ1n) is 10.5. The molecule has 31 heavy (non-hydrogen) atoms. The minimum absolute atomic E-state index is 1.22. The molecule has 0 saturated carbocycles. The van der Waals surface area contributed by atoms with Gasteiger partial charge in [0.25, 0.3) is 0 Å². The maximum Gasteiger partial charge on any atom is 0.0985 e. The molecule has 0 spiro atoms. The summed E-state index contributed by atoms with van der Waals surface area (Å²) in [4.78, 5) is 0.